The number of unbranched alkanes of at least 4 members (excludes halogenated alkanes) is 10. The van der Waals surface area contributed by atoms with Crippen molar-refractivity contribution in [1.82, 2.24) is 0 Å². The average molecular weight is 375 g/mol. The van der Waals surface area contributed by atoms with Gasteiger partial charge in [0.25, 0.3) is 0 Å². The van der Waals surface area contributed by atoms with E-state index in [9.17, 15) is 8.42 Å². The Hall–Kier alpha value is 0.830. The number of ether oxygens (including phenoxy) is 1. The van der Waals surface area contributed by atoms with Crippen LogP contribution in [0.3, 0.4) is 0 Å². The van der Waals surface area contributed by atoms with Gasteiger partial charge in [-0.2, -0.15) is 8.42 Å². The zero-order valence-corrected chi connectivity index (χ0v) is 15.4. The Kier molecular flexibility index (Phi) is 16.6. The van der Waals surface area contributed by atoms with Gasteiger partial charge in [-0.3, -0.25) is 0 Å². The van der Waals surface area contributed by atoms with Crippen LogP contribution in [0, 0.1) is 0 Å². The van der Waals surface area contributed by atoms with Crippen LogP contribution in [0.2, 0.25) is 0 Å². The van der Waals surface area contributed by atoms with Crippen molar-refractivity contribution in [2.45, 2.75) is 96.7 Å². The predicted molar refractivity (Wildman–Crippen MR) is 98.5 cm³/mol. The molecule has 1 heterocycles. The summed E-state index contributed by atoms with van der Waals surface area (Å²) >= 11 is 0. The number of hydrogen-bond acceptors (Lipinski definition) is 5. The predicted octanol–water partition coefficient (Wildman–Crippen LogP) is 4.06. The molecule has 0 spiro atoms. The summed E-state index contributed by atoms with van der Waals surface area (Å²) in [6, 6.07) is 0. The van der Waals surface area contributed by atoms with Gasteiger partial charge >= 0.3 is 40.0 Å². The summed E-state index contributed by atoms with van der Waals surface area (Å²) in [6.45, 7) is 2.99. The van der Waals surface area contributed by atoms with Gasteiger partial charge in [0.2, 0.25) is 0 Å². The molecule has 0 radical (unpaired) electrons. The Morgan fingerprint density at radius 2 is 1.46 bits per heavy atom. The first-order chi connectivity index (χ1) is 11.1. The molecule has 140 valence electrons. The molecule has 1 saturated heterocycles. The van der Waals surface area contributed by atoms with Gasteiger partial charge < -0.3 is 4.74 Å². The number of hydrogen-bond donors (Lipinski definition) is 0. The third kappa shape index (κ3) is 14.0. The zero-order chi connectivity index (χ0) is 16.8. The van der Waals surface area contributed by atoms with Crippen LogP contribution in [0.5, 0.6) is 0 Å². The van der Waals surface area contributed by atoms with E-state index in [1.54, 1.807) is 0 Å². The molecule has 1 aliphatic heterocycles. The number of rotatable bonds is 15. The van der Waals surface area contributed by atoms with Gasteiger partial charge in [-0.25, -0.2) is 8.37 Å². The summed E-state index contributed by atoms with van der Waals surface area (Å²) in [5, 5.41) is 0. The molecule has 1 aliphatic rings. The van der Waals surface area contributed by atoms with Crippen LogP contribution >= 0.6 is 0 Å². The van der Waals surface area contributed by atoms with Gasteiger partial charge in [-0.15, -0.1) is 0 Å². The molecular weight excluding hydrogens is 339 g/mol. The fourth-order valence-corrected chi connectivity index (χ4v) is 3.50. The average Bonchev–Trinajstić information content (AvgIpc) is 3.00. The third-order valence-corrected chi connectivity index (χ3v) is 4.99. The van der Waals surface area contributed by atoms with Gasteiger partial charge in [0.05, 0.1) is 6.61 Å². The molecule has 0 aromatic rings. The molecule has 1 unspecified atom stereocenters. The van der Waals surface area contributed by atoms with Crippen LogP contribution in [0.25, 0.3) is 0 Å². The molecule has 24 heavy (non-hydrogen) atoms. The summed E-state index contributed by atoms with van der Waals surface area (Å²) in [4.78, 5) is 0. The second-order valence-corrected chi connectivity index (χ2v) is 7.55. The normalized spacial score (nSPS) is 17.8. The Bertz CT molecular complexity index is 369. The standard InChI is InChI=1S/C17H34O5S.Na.H/c1-2-3-4-5-6-7-8-9-10-11-12-16-21-23(18,19)22-17-14-13-15-20-17;;/h17H,2-16H2,1H3;;. The van der Waals surface area contributed by atoms with Crippen LogP contribution in [-0.4, -0.2) is 57.5 Å². The summed E-state index contributed by atoms with van der Waals surface area (Å²) in [5.74, 6) is 0. The fraction of sp³-hybridized carbons (Fsp3) is 1.00. The van der Waals surface area contributed by atoms with Crippen molar-refractivity contribution in [3.05, 3.63) is 0 Å². The first-order valence-corrected chi connectivity index (χ1v) is 10.7. The third-order valence-electron chi connectivity index (χ3n) is 4.09. The molecule has 0 aromatic heterocycles. The second-order valence-electron chi connectivity index (χ2n) is 6.30. The summed E-state index contributed by atoms with van der Waals surface area (Å²) in [7, 11) is -3.90. The first-order valence-electron chi connectivity index (χ1n) is 9.33. The molecule has 0 amide bonds. The maximum atomic E-state index is 11.5. The maximum absolute atomic E-state index is 11.5. The van der Waals surface area contributed by atoms with E-state index in [0.717, 1.165) is 25.7 Å². The molecule has 0 aliphatic carbocycles. The molecular formula is C17H35NaO5S. The minimum atomic E-state index is -3.90. The Morgan fingerprint density at radius 1 is 0.917 bits per heavy atom. The van der Waals surface area contributed by atoms with E-state index < -0.39 is 16.7 Å². The van der Waals surface area contributed by atoms with Crippen LogP contribution in [0.1, 0.15) is 90.4 Å². The summed E-state index contributed by atoms with van der Waals surface area (Å²) < 4.78 is 37.9. The molecule has 7 heteroatoms. The van der Waals surface area contributed by atoms with Gasteiger partial charge in [0.1, 0.15) is 0 Å². The van der Waals surface area contributed by atoms with Crippen molar-refractivity contribution in [1.29, 1.82) is 0 Å². The Labute approximate surface area is 170 Å². The SMILES string of the molecule is CCCCCCCCCCCCCOS(=O)(=O)OC1CCCO1.[NaH]. The van der Waals surface area contributed by atoms with E-state index in [-0.39, 0.29) is 36.2 Å². The van der Waals surface area contributed by atoms with E-state index in [2.05, 4.69) is 6.92 Å². The molecule has 1 atom stereocenters. The van der Waals surface area contributed by atoms with Crippen LogP contribution < -0.4 is 0 Å². The molecule has 0 bridgehead atoms. The molecule has 0 aromatic carbocycles. The van der Waals surface area contributed by atoms with E-state index >= 15 is 0 Å². The van der Waals surface area contributed by atoms with Crippen molar-refractivity contribution in [2.24, 2.45) is 0 Å². The van der Waals surface area contributed by atoms with Gasteiger partial charge in [0, 0.05) is 13.0 Å². The van der Waals surface area contributed by atoms with Crippen LogP contribution in [0.4, 0.5) is 0 Å². The van der Waals surface area contributed by atoms with Crippen LogP contribution in [-0.2, 0) is 23.5 Å². The quantitative estimate of drug-likeness (QED) is 0.319. The minimum absolute atomic E-state index is 0. The molecule has 1 rings (SSSR count). The van der Waals surface area contributed by atoms with Crippen molar-refractivity contribution in [3.63, 3.8) is 0 Å². The van der Waals surface area contributed by atoms with Crippen LogP contribution in [0.15, 0.2) is 0 Å². The van der Waals surface area contributed by atoms with Gasteiger partial charge in [-0.1, -0.05) is 71.1 Å². The first kappa shape index (κ1) is 24.8. The van der Waals surface area contributed by atoms with Crippen molar-refractivity contribution >= 4 is 40.0 Å². The van der Waals surface area contributed by atoms with E-state index in [1.165, 1.54) is 51.4 Å². The van der Waals surface area contributed by atoms with E-state index in [4.69, 9.17) is 13.1 Å². The monoisotopic (exact) mass is 374 g/mol. The second kappa shape index (κ2) is 16.0. The van der Waals surface area contributed by atoms with E-state index in [1.807, 2.05) is 0 Å². The summed E-state index contributed by atoms with van der Waals surface area (Å²) in [5.41, 5.74) is 0. The van der Waals surface area contributed by atoms with E-state index in [0.29, 0.717) is 13.0 Å². The Morgan fingerprint density at radius 3 is 1.96 bits per heavy atom. The van der Waals surface area contributed by atoms with Crippen molar-refractivity contribution in [3.8, 4) is 0 Å². The van der Waals surface area contributed by atoms with Gasteiger partial charge in [0.15, 0.2) is 6.29 Å². The molecule has 5 nitrogen and oxygen atoms in total. The molecule has 0 saturated carbocycles. The summed E-state index contributed by atoms with van der Waals surface area (Å²) in [6.07, 6.45) is 14.3. The topological polar surface area (TPSA) is 61.8 Å². The molecule has 1 fully saturated rings. The van der Waals surface area contributed by atoms with Crippen molar-refractivity contribution in [2.75, 3.05) is 13.2 Å². The van der Waals surface area contributed by atoms with Crippen molar-refractivity contribution < 1.29 is 21.5 Å². The van der Waals surface area contributed by atoms with Gasteiger partial charge in [-0.05, 0) is 12.8 Å². The molecule has 0 N–H and O–H groups in total. The zero-order valence-electron chi connectivity index (χ0n) is 14.6. The Balaban J connectivity index is 0.00000529. The fourth-order valence-electron chi connectivity index (χ4n) is 2.71.